The zero-order valence-electron chi connectivity index (χ0n) is 16.7. The summed E-state index contributed by atoms with van der Waals surface area (Å²) < 4.78 is 2.11. The van der Waals surface area contributed by atoms with Gasteiger partial charge in [-0.2, -0.15) is 0 Å². The molecule has 30 heavy (non-hydrogen) atoms. The molecule has 0 unspecified atom stereocenters. The number of nitrogens with one attached hydrogen (secondary N) is 2. The fourth-order valence-corrected chi connectivity index (χ4v) is 4.44. The molecule has 0 aliphatic carbocycles. The minimum absolute atomic E-state index is 0.360. The molecule has 0 radical (unpaired) electrons. The molecule has 3 heterocycles. The number of nitrogens with two attached hydrogens (primary N) is 1. The van der Waals surface area contributed by atoms with Crippen LogP contribution in [-0.2, 0) is 16.1 Å². The third kappa shape index (κ3) is 2.69. The van der Waals surface area contributed by atoms with Crippen LogP contribution in [0.2, 0.25) is 0 Å². The molecule has 0 saturated carbocycles. The summed E-state index contributed by atoms with van der Waals surface area (Å²) in [7, 11) is 0. The van der Waals surface area contributed by atoms with Gasteiger partial charge in [0.25, 0.3) is 11.8 Å². The molecule has 150 valence electrons. The molecule has 0 atom stereocenters. The lowest BCUT2D eigenvalue weighted by atomic mass is 9.94. The first-order valence-electron chi connectivity index (χ1n) is 10.1. The first-order chi connectivity index (χ1) is 14.6. The van der Waals surface area contributed by atoms with Crippen molar-refractivity contribution in [3.63, 3.8) is 0 Å². The van der Waals surface area contributed by atoms with Crippen molar-refractivity contribution in [1.82, 2.24) is 14.9 Å². The number of carbonyl (C=O) groups excluding carboxylic acids is 2. The molecule has 4 N–H and O–H groups in total. The molecule has 2 amide bonds. The third-order valence-electron chi connectivity index (χ3n) is 5.74. The Bertz CT molecular complexity index is 1360. The van der Waals surface area contributed by atoms with Crippen molar-refractivity contribution in [3.05, 3.63) is 71.5 Å². The molecule has 2 aromatic heterocycles. The van der Waals surface area contributed by atoms with Crippen LogP contribution in [0.25, 0.3) is 33.0 Å². The van der Waals surface area contributed by atoms with Crippen LogP contribution in [0.4, 0.5) is 0 Å². The summed E-state index contributed by atoms with van der Waals surface area (Å²) in [5.74, 6) is -0.719. The fourth-order valence-electron chi connectivity index (χ4n) is 4.44. The van der Waals surface area contributed by atoms with E-state index in [4.69, 9.17) is 5.73 Å². The van der Waals surface area contributed by atoms with Gasteiger partial charge in [-0.25, -0.2) is 0 Å². The summed E-state index contributed by atoms with van der Waals surface area (Å²) >= 11 is 0. The van der Waals surface area contributed by atoms with Crippen LogP contribution < -0.4 is 11.1 Å². The number of rotatable bonds is 5. The molecular formula is C24H22N4O2. The highest BCUT2D eigenvalue weighted by Crippen LogP contribution is 2.39. The molecule has 0 fully saturated rings. The van der Waals surface area contributed by atoms with E-state index in [2.05, 4.69) is 14.9 Å². The molecule has 5 rings (SSSR count). The number of carbonyl (C=O) groups is 2. The molecule has 6 heteroatoms. The van der Waals surface area contributed by atoms with Crippen LogP contribution in [0.1, 0.15) is 23.2 Å². The van der Waals surface area contributed by atoms with E-state index in [0.717, 1.165) is 51.6 Å². The molecule has 1 aliphatic rings. The van der Waals surface area contributed by atoms with Crippen LogP contribution in [-0.4, -0.2) is 27.9 Å². The number of para-hydroxylation sites is 2. The molecule has 0 bridgehead atoms. The van der Waals surface area contributed by atoms with Crippen molar-refractivity contribution >= 4 is 44.8 Å². The third-order valence-corrected chi connectivity index (χ3v) is 5.74. The van der Waals surface area contributed by atoms with Crippen molar-refractivity contribution in [2.24, 2.45) is 5.73 Å². The van der Waals surface area contributed by atoms with Crippen molar-refractivity contribution in [2.45, 2.75) is 19.9 Å². The van der Waals surface area contributed by atoms with Crippen LogP contribution in [0, 0.1) is 6.92 Å². The predicted molar refractivity (Wildman–Crippen MR) is 119 cm³/mol. The first kappa shape index (κ1) is 18.4. The second-order valence-corrected chi connectivity index (χ2v) is 7.60. The second kappa shape index (κ2) is 7.00. The van der Waals surface area contributed by atoms with Gasteiger partial charge in [-0.05, 0) is 32.0 Å². The van der Waals surface area contributed by atoms with Crippen molar-refractivity contribution < 1.29 is 9.59 Å². The quantitative estimate of drug-likeness (QED) is 0.450. The van der Waals surface area contributed by atoms with Gasteiger partial charge in [0.2, 0.25) is 0 Å². The number of fused-ring (bicyclic) bond motifs is 2. The van der Waals surface area contributed by atoms with Gasteiger partial charge >= 0.3 is 0 Å². The largest absolute Gasteiger partial charge is 0.358 e. The van der Waals surface area contributed by atoms with E-state index in [-0.39, 0.29) is 11.8 Å². The van der Waals surface area contributed by atoms with Gasteiger partial charge in [-0.3, -0.25) is 14.9 Å². The number of hydrogen-bond acceptors (Lipinski definition) is 3. The van der Waals surface area contributed by atoms with Gasteiger partial charge < -0.3 is 15.3 Å². The SMILES string of the molecule is Cc1[nH]c2ccccc2c1C1=C(c2cn(CCCN)c3ccccc23)C(=O)NC1=O. The lowest BCUT2D eigenvalue weighted by Gasteiger charge is -2.05. The summed E-state index contributed by atoms with van der Waals surface area (Å²) in [6.45, 7) is 3.27. The van der Waals surface area contributed by atoms with Gasteiger partial charge in [-0.15, -0.1) is 0 Å². The van der Waals surface area contributed by atoms with Gasteiger partial charge in [0, 0.05) is 51.4 Å². The van der Waals surface area contributed by atoms with Crippen LogP contribution in [0.3, 0.4) is 0 Å². The Morgan fingerprint density at radius 3 is 2.43 bits per heavy atom. The number of aromatic amines is 1. The molecule has 0 saturated heterocycles. The highest BCUT2D eigenvalue weighted by molar-refractivity contribution is 6.51. The number of benzene rings is 2. The minimum atomic E-state index is -0.360. The number of imide groups is 1. The number of amides is 2. The standard InChI is InChI=1S/C24H22N4O2/c1-14-20(16-8-2-4-9-18(16)26-14)22-21(23(29)27-24(22)30)17-13-28(12-6-11-25)19-10-5-3-7-15(17)19/h2-5,7-10,13,26H,6,11-12,25H2,1H3,(H,27,29,30). The summed E-state index contributed by atoms with van der Waals surface area (Å²) in [5.41, 5.74) is 10.9. The predicted octanol–water partition coefficient (Wildman–Crippen LogP) is 3.35. The molecule has 2 aromatic carbocycles. The van der Waals surface area contributed by atoms with E-state index in [1.807, 2.05) is 61.7 Å². The Balaban J connectivity index is 1.82. The van der Waals surface area contributed by atoms with E-state index in [1.165, 1.54) is 0 Å². The Morgan fingerprint density at radius 2 is 1.63 bits per heavy atom. The van der Waals surface area contributed by atoms with Crippen LogP contribution in [0.15, 0.2) is 54.7 Å². The smallest absolute Gasteiger partial charge is 0.259 e. The average molecular weight is 398 g/mol. The topological polar surface area (TPSA) is 92.9 Å². The zero-order valence-corrected chi connectivity index (χ0v) is 16.7. The highest BCUT2D eigenvalue weighted by atomic mass is 16.2. The molecule has 4 aromatic rings. The lowest BCUT2D eigenvalue weighted by molar-refractivity contribution is -0.122. The molecule has 1 aliphatic heterocycles. The number of aromatic nitrogens is 2. The van der Waals surface area contributed by atoms with Gasteiger partial charge in [0.1, 0.15) is 0 Å². The number of aryl methyl sites for hydroxylation is 2. The van der Waals surface area contributed by atoms with Gasteiger partial charge in [-0.1, -0.05) is 36.4 Å². The van der Waals surface area contributed by atoms with E-state index in [0.29, 0.717) is 17.7 Å². The Morgan fingerprint density at radius 1 is 0.933 bits per heavy atom. The fraction of sp³-hybridized carbons (Fsp3) is 0.167. The maximum Gasteiger partial charge on any atom is 0.259 e. The van der Waals surface area contributed by atoms with Crippen LogP contribution in [0.5, 0.6) is 0 Å². The molecule has 0 spiro atoms. The van der Waals surface area contributed by atoms with E-state index < -0.39 is 0 Å². The molecule has 6 nitrogen and oxygen atoms in total. The van der Waals surface area contributed by atoms with E-state index in [1.54, 1.807) is 0 Å². The second-order valence-electron chi connectivity index (χ2n) is 7.60. The summed E-state index contributed by atoms with van der Waals surface area (Å²) in [5, 5.41) is 4.40. The average Bonchev–Trinajstić information content (AvgIpc) is 3.36. The number of H-pyrrole nitrogens is 1. The van der Waals surface area contributed by atoms with Crippen molar-refractivity contribution in [2.75, 3.05) is 6.54 Å². The zero-order chi connectivity index (χ0) is 20.8. The Labute approximate surface area is 173 Å². The Hall–Kier alpha value is -3.64. The van der Waals surface area contributed by atoms with Crippen molar-refractivity contribution in [3.8, 4) is 0 Å². The first-order valence-corrected chi connectivity index (χ1v) is 10.1. The number of hydrogen-bond donors (Lipinski definition) is 3. The maximum atomic E-state index is 13.0. The maximum absolute atomic E-state index is 13.0. The number of nitrogens with zero attached hydrogens (tertiary/aromatic N) is 1. The van der Waals surface area contributed by atoms with Gasteiger partial charge in [0.05, 0.1) is 11.1 Å². The minimum Gasteiger partial charge on any atom is -0.358 e. The highest BCUT2D eigenvalue weighted by Gasteiger charge is 2.35. The summed E-state index contributed by atoms with van der Waals surface area (Å²) in [4.78, 5) is 29.3. The normalized spacial score (nSPS) is 14.3. The van der Waals surface area contributed by atoms with E-state index >= 15 is 0 Å². The van der Waals surface area contributed by atoms with Crippen LogP contribution >= 0.6 is 0 Å². The lowest BCUT2D eigenvalue weighted by Crippen LogP contribution is -2.22. The monoisotopic (exact) mass is 398 g/mol. The summed E-state index contributed by atoms with van der Waals surface area (Å²) in [6, 6.07) is 15.8. The van der Waals surface area contributed by atoms with E-state index in [9.17, 15) is 9.59 Å². The Kier molecular flexibility index (Phi) is 4.29. The molecular weight excluding hydrogens is 376 g/mol. The summed E-state index contributed by atoms with van der Waals surface area (Å²) in [6.07, 6.45) is 2.80. The van der Waals surface area contributed by atoms with Gasteiger partial charge in [0.15, 0.2) is 0 Å². The van der Waals surface area contributed by atoms with Crippen molar-refractivity contribution in [1.29, 1.82) is 0 Å².